The first-order chi connectivity index (χ1) is 11.2. The Morgan fingerprint density at radius 3 is 2.70 bits per heavy atom. The molecule has 4 rings (SSSR count). The van der Waals surface area contributed by atoms with Crippen LogP contribution >= 0.6 is 0 Å². The summed E-state index contributed by atoms with van der Waals surface area (Å²) in [4.78, 5) is 17.8. The number of aryl methyl sites for hydroxylation is 1. The Balaban J connectivity index is 1.40. The van der Waals surface area contributed by atoms with Crippen molar-refractivity contribution in [1.29, 1.82) is 0 Å². The van der Waals surface area contributed by atoms with E-state index in [1.165, 1.54) is 22.2 Å². The van der Waals surface area contributed by atoms with Crippen LogP contribution in [-0.2, 0) is 4.79 Å². The summed E-state index contributed by atoms with van der Waals surface area (Å²) in [7, 11) is 0. The molecule has 0 unspecified atom stereocenters. The van der Waals surface area contributed by atoms with E-state index in [4.69, 9.17) is 0 Å². The molecule has 4 nitrogen and oxygen atoms in total. The minimum atomic E-state index is 0.203. The van der Waals surface area contributed by atoms with Gasteiger partial charge in [0.15, 0.2) is 0 Å². The minimum Gasteiger partial charge on any atom is -0.358 e. The molecule has 2 heterocycles. The van der Waals surface area contributed by atoms with Crippen molar-refractivity contribution in [3.63, 3.8) is 0 Å². The first kappa shape index (κ1) is 14.8. The van der Waals surface area contributed by atoms with E-state index in [1.54, 1.807) is 0 Å². The predicted octanol–water partition coefficient (Wildman–Crippen LogP) is 2.93. The lowest BCUT2D eigenvalue weighted by molar-refractivity contribution is -0.122. The van der Waals surface area contributed by atoms with Crippen molar-refractivity contribution < 1.29 is 4.79 Å². The fraction of sp³-hybridized carbons (Fsp3) is 0.526. The topological polar surface area (TPSA) is 48.1 Å². The lowest BCUT2D eigenvalue weighted by atomic mass is 9.87. The number of piperidine rings is 1. The number of hydrogen-bond donors (Lipinski definition) is 2. The highest BCUT2D eigenvalue weighted by Gasteiger charge is 2.27. The lowest BCUT2D eigenvalue weighted by Gasteiger charge is -2.31. The third-order valence-electron chi connectivity index (χ3n) is 5.25. The molecule has 0 spiro atoms. The second kappa shape index (κ2) is 6.00. The van der Waals surface area contributed by atoms with Crippen LogP contribution in [0.2, 0.25) is 0 Å². The average molecular weight is 311 g/mol. The minimum absolute atomic E-state index is 0.203. The van der Waals surface area contributed by atoms with Gasteiger partial charge in [-0.1, -0.05) is 18.2 Å². The van der Waals surface area contributed by atoms with E-state index in [-0.39, 0.29) is 5.91 Å². The largest absolute Gasteiger partial charge is 0.358 e. The zero-order valence-corrected chi connectivity index (χ0v) is 13.8. The van der Waals surface area contributed by atoms with Crippen LogP contribution in [0.4, 0.5) is 0 Å². The fourth-order valence-corrected chi connectivity index (χ4v) is 3.91. The maximum atomic E-state index is 11.9. The predicted molar refractivity (Wildman–Crippen MR) is 92.6 cm³/mol. The Labute approximate surface area is 137 Å². The maximum absolute atomic E-state index is 11.9. The van der Waals surface area contributed by atoms with E-state index in [2.05, 4.69) is 46.4 Å². The monoisotopic (exact) mass is 311 g/mol. The molecule has 2 fully saturated rings. The van der Waals surface area contributed by atoms with Gasteiger partial charge in [0, 0.05) is 22.6 Å². The molecule has 2 aromatic rings. The van der Waals surface area contributed by atoms with Crippen molar-refractivity contribution >= 4 is 16.8 Å². The van der Waals surface area contributed by atoms with Crippen molar-refractivity contribution in [2.24, 2.45) is 0 Å². The molecule has 0 atom stereocenters. The fourth-order valence-electron chi connectivity index (χ4n) is 3.91. The smallest absolute Gasteiger partial charge is 0.234 e. The Kier molecular flexibility index (Phi) is 3.85. The number of nitrogens with zero attached hydrogens (tertiary/aromatic N) is 1. The van der Waals surface area contributed by atoms with E-state index >= 15 is 0 Å². The summed E-state index contributed by atoms with van der Waals surface area (Å²) < 4.78 is 0. The van der Waals surface area contributed by atoms with Gasteiger partial charge in [0.2, 0.25) is 5.91 Å². The van der Waals surface area contributed by atoms with Gasteiger partial charge in [-0.3, -0.25) is 9.69 Å². The third kappa shape index (κ3) is 3.13. The molecule has 1 amide bonds. The zero-order valence-electron chi connectivity index (χ0n) is 13.8. The molecule has 0 bridgehead atoms. The van der Waals surface area contributed by atoms with E-state index in [0.717, 1.165) is 38.8 Å². The molecule has 122 valence electrons. The number of carbonyl (C=O) groups excluding carboxylic acids is 1. The molecule has 1 aromatic heterocycles. The lowest BCUT2D eigenvalue weighted by Crippen LogP contribution is -2.41. The summed E-state index contributed by atoms with van der Waals surface area (Å²) in [5, 5.41) is 4.46. The van der Waals surface area contributed by atoms with Crippen LogP contribution in [-0.4, -0.2) is 41.5 Å². The average Bonchev–Trinajstić information content (AvgIpc) is 3.28. The Morgan fingerprint density at radius 1 is 1.22 bits per heavy atom. The second-order valence-corrected chi connectivity index (χ2v) is 7.10. The van der Waals surface area contributed by atoms with E-state index in [1.807, 2.05) is 0 Å². The number of amides is 1. The van der Waals surface area contributed by atoms with Crippen LogP contribution in [0.25, 0.3) is 10.9 Å². The highest BCUT2D eigenvalue weighted by molar-refractivity contribution is 5.85. The molecule has 1 aliphatic heterocycles. The summed E-state index contributed by atoms with van der Waals surface area (Å²) in [5.41, 5.74) is 4.03. The van der Waals surface area contributed by atoms with Crippen molar-refractivity contribution in [1.82, 2.24) is 15.2 Å². The van der Waals surface area contributed by atoms with Crippen molar-refractivity contribution in [3.8, 4) is 0 Å². The number of likely N-dealkylation sites (tertiary alicyclic amines) is 1. The van der Waals surface area contributed by atoms with Gasteiger partial charge in [0.05, 0.1) is 6.54 Å². The Morgan fingerprint density at radius 2 is 1.96 bits per heavy atom. The van der Waals surface area contributed by atoms with E-state index in [0.29, 0.717) is 18.5 Å². The van der Waals surface area contributed by atoms with Crippen molar-refractivity contribution in [3.05, 3.63) is 35.5 Å². The molecular formula is C19H25N3O. The molecule has 23 heavy (non-hydrogen) atoms. The number of para-hydroxylation sites is 1. The van der Waals surface area contributed by atoms with Gasteiger partial charge < -0.3 is 10.3 Å². The van der Waals surface area contributed by atoms with E-state index in [9.17, 15) is 4.79 Å². The molecule has 1 aromatic carbocycles. The number of hydrogen-bond acceptors (Lipinski definition) is 2. The third-order valence-corrected chi connectivity index (χ3v) is 5.25. The van der Waals surface area contributed by atoms with E-state index < -0.39 is 0 Å². The molecule has 1 saturated heterocycles. The number of carbonyl (C=O) groups is 1. The SMILES string of the molecule is Cc1[nH]c2ccccc2c1C1CCN(CC(=O)NC2CC2)CC1. The molecular weight excluding hydrogens is 286 g/mol. The highest BCUT2D eigenvalue weighted by Crippen LogP contribution is 2.35. The van der Waals surface area contributed by atoms with Crippen LogP contribution < -0.4 is 5.32 Å². The number of fused-ring (bicyclic) bond motifs is 1. The van der Waals surface area contributed by atoms with Crippen LogP contribution in [0, 0.1) is 6.92 Å². The van der Waals surface area contributed by atoms with Crippen molar-refractivity contribution in [2.45, 2.75) is 44.6 Å². The van der Waals surface area contributed by atoms with Crippen molar-refractivity contribution in [2.75, 3.05) is 19.6 Å². The van der Waals surface area contributed by atoms with Gasteiger partial charge in [0.25, 0.3) is 0 Å². The molecule has 1 saturated carbocycles. The van der Waals surface area contributed by atoms with Gasteiger partial charge in [-0.15, -0.1) is 0 Å². The van der Waals surface area contributed by atoms with Gasteiger partial charge >= 0.3 is 0 Å². The Hall–Kier alpha value is -1.81. The van der Waals surface area contributed by atoms with Gasteiger partial charge in [-0.05, 0) is 63.2 Å². The van der Waals surface area contributed by atoms with Gasteiger partial charge in [-0.2, -0.15) is 0 Å². The summed E-state index contributed by atoms with van der Waals surface area (Å²) in [6, 6.07) is 9.06. The summed E-state index contributed by atoms with van der Waals surface area (Å²) in [6.45, 7) is 4.78. The van der Waals surface area contributed by atoms with Crippen LogP contribution in [0.15, 0.2) is 24.3 Å². The Bertz CT molecular complexity index is 708. The van der Waals surface area contributed by atoms with Gasteiger partial charge in [-0.25, -0.2) is 0 Å². The van der Waals surface area contributed by atoms with Crippen LogP contribution in [0.3, 0.4) is 0 Å². The first-order valence-corrected chi connectivity index (χ1v) is 8.79. The number of benzene rings is 1. The summed E-state index contributed by atoms with van der Waals surface area (Å²) in [6.07, 6.45) is 4.60. The van der Waals surface area contributed by atoms with Crippen LogP contribution in [0.5, 0.6) is 0 Å². The summed E-state index contributed by atoms with van der Waals surface area (Å²) >= 11 is 0. The maximum Gasteiger partial charge on any atom is 0.234 e. The second-order valence-electron chi connectivity index (χ2n) is 7.10. The molecule has 2 N–H and O–H groups in total. The first-order valence-electron chi connectivity index (χ1n) is 8.79. The quantitative estimate of drug-likeness (QED) is 0.912. The number of H-pyrrole nitrogens is 1. The van der Waals surface area contributed by atoms with Gasteiger partial charge in [0.1, 0.15) is 0 Å². The zero-order chi connectivity index (χ0) is 15.8. The molecule has 2 aliphatic rings. The normalized spacial score (nSPS) is 20.0. The number of aromatic nitrogens is 1. The van der Waals surface area contributed by atoms with Crippen LogP contribution in [0.1, 0.15) is 42.9 Å². The number of nitrogens with one attached hydrogen (secondary N) is 2. The summed E-state index contributed by atoms with van der Waals surface area (Å²) in [5.74, 6) is 0.808. The molecule has 0 radical (unpaired) electrons. The molecule has 1 aliphatic carbocycles. The highest BCUT2D eigenvalue weighted by atomic mass is 16.2. The number of aromatic amines is 1. The number of rotatable bonds is 4. The molecule has 4 heteroatoms. The standard InChI is InChI=1S/C19H25N3O/c1-13-19(16-4-2-3-5-17(16)20-13)14-8-10-22(11-9-14)12-18(23)21-15-6-7-15/h2-5,14-15,20H,6-12H2,1H3,(H,21,23).